The molecule has 16 heavy (non-hydrogen) atoms. The molecule has 0 aliphatic carbocycles. The Morgan fingerprint density at radius 3 is 2.75 bits per heavy atom. The Bertz CT molecular complexity index is 189. The van der Waals surface area contributed by atoms with Gasteiger partial charge in [0.15, 0.2) is 0 Å². The maximum atomic E-state index is 5.38. The van der Waals surface area contributed by atoms with E-state index in [0.29, 0.717) is 6.10 Å². The van der Waals surface area contributed by atoms with Crippen LogP contribution in [0.5, 0.6) is 0 Å². The number of hydrogen-bond donors (Lipinski definition) is 1. The summed E-state index contributed by atoms with van der Waals surface area (Å²) in [6.07, 6.45) is 4.28. The Morgan fingerprint density at radius 2 is 2.12 bits per heavy atom. The number of thioether (sulfide) groups is 1. The van der Waals surface area contributed by atoms with Gasteiger partial charge in [0.25, 0.3) is 0 Å². The molecule has 0 bridgehead atoms. The van der Waals surface area contributed by atoms with Gasteiger partial charge in [-0.15, -0.1) is 0 Å². The second-order valence-electron chi connectivity index (χ2n) is 4.79. The van der Waals surface area contributed by atoms with E-state index in [9.17, 15) is 0 Å². The maximum Gasteiger partial charge on any atom is 0.0595 e. The van der Waals surface area contributed by atoms with Gasteiger partial charge in [0.05, 0.1) is 6.10 Å². The molecule has 1 unspecified atom stereocenters. The lowest BCUT2D eigenvalue weighted by Gasteiger charge is -2.31. The van der Waals surface area contributed by atoms with Crippen LogP contribution in [0.15, 0.2) is 0 Å². The molecule has 2 saturated heterocycles. The Kier molecular flexibility index (Phi) is 5.42. The highest BCUT2D eigenvalue weighted by atomic mass is 32.2. The van der Waals surface area contributed by atoms with Crippen LogP contribution in [0.3, 0.4) is 0 Å². The van der Waals surface area contributed by atoms with Crippen LogP contribution in [0.2, 0.25) is 0 Å². The molecule has 0 amide bonds. The highest BCUT2D eigenvalue weighted by Gasteiger charge is 2.19. The van der Waals surface area contributed by atoms with Gasteiger partial charge in [-0.25, -0.2) is 0 Å². The van der Waals surface area contributed by atoms with Crippen molar-refractivity contribution in [2.45, 2.75) is 31.4 Å². The summed E-state index contributed by atoms with van der Waals surface area (Å²) in [5.41, 5.74) is 0. The van der Waals surface area contributed by atoms with Gasteiger partial charge in [-0.05, 0) is 25.0 Å². The predicted octanol–water partition coefficient (Wildman–Crippen LogP) is 1.19. The molecule has 2 rings (SSSR count). The fraction of sp³-hybridized carbons (Fsp3) is 1.00. The van der Waals surface area contributed by atoms with E-state index in [-0.39, 0.29) is 0 Å². The van der Waals surface area contributed by atoms with E-state index < -0.39 is 0 Å². The summed E-state index contributed by atoms with van der Waals surface area (Å²) in [6.45, 7) is 4.78. The van der Waals surface area contributed by atoms with Crippen LogP contribution in [-0.4, -0.2) is 61.8 Å². The molecule has 2 aliphatic rings. The van der Waals surface area contributed by atoms with Gasteiger partial charge in [0.1, 0.15) is 0 Å². The van der Waals surface area contributed by atoms with E-state index in [1.807, 2.05) is 7.11 Å². The molecule has 0 aromatic rings. The number of likely N-dealkylation sites (tertiary alicyclic amines) is 1. The van der Waals surface area contributed by atoms with Crippen molar-refractivity contribution in [1.82, 2.24) is 10.2 Å². The summed E-state index contributed by atoms with van der Waals surface area (Å²) in [6, 6.07) is 0.779. The first-order valence-corrected chi connectivity index (χ1v) is 7.60. The average molecular weight is 244 g/mol. The third-order valence-electron chi connectivity index (χ3n) is 3.66. The standard InChI is InChI=1S/C12H24N2OS/c1-15-12-2-6-14(7-3-12)8-5-13-11-4-9-16-10-11/h11-13H,2-10H2,1H3. The van der Waals surface area contributed by atoms with Crippen molar-refractivity contribution in [2.24, 2.45) is 0 Å². The number of nitrogens with one attached hydrogen (secondary N) is 1. The smallest absolute Gasteiger partial charge is 0.0595 e. The van der Waals surface area contributed by atoms with E-state index in [1.165, 1.54) is 50.4 Å². The summed E-state index contributed by atoms with van der Waals surface area (Å²) in [7, 11) is 1.83. The van der Waals surface area contributed by atoms with E-state index >= 15 is 0 Å². The molecule has 2 heterocycles. The second-order valence-corrected chi connectivity index (χ2v) is 5.94. The highest BCUT2D eigenvalue weighted by molar-refractivity contribution is 7.99. The van der Waals surface area contributed by atoms with Crippen molar-refractivity contribution in [3.8, 4) is 0 Å². The Morgan fingerprint density at radius 1 is 1.31 bits per heavy atom. The topological polar surface area (TPSA) is 24.5 Å². The lowest BCUT2D eigenvalue weighted by molar-refractivity contribution is 0.0413. The van der Waals surface area contributed by atoms with Crippen molar-refractivity contribution < 1.29 is 4.74 Å². The number of rotatable bonds is 5. The zero-order valence-electron chi connectivity index (χ0n) is 10.3. The first-order valence-electron chi connectivity index (χ1n) is 6.45. The number of hydrogen-bond acceptors (Lipinski definition) is 4. The molecule has 94 valence electrons. The van der Waals surface area contributed by atoms with Crippen molar-refractivity contribution in [3.05, 3.63) is 0 Å². The fourth-order valence-electron chi connectivity index (χ4n) is 2.49. The summed E-state index contributed by atoms with van der Waals surface area (Å²) >= 11 is 2.08. The first kappa shape index (κ1) is 12.7. The lowest BCUT2D eigenvalue weighted by Crippen LogP contribution is -2.42. The highest BCUT2D eigenvalue weighted by Crippen LogP contribution is 2.17. The largest absolute Gasteiger partial charge is 0.381 e. The molecule has 0 aromatic carbocycles. The van der Waals surface area contributed by atoms with Crippen molar-refractivity contribution in [3.63, 3.8) is 0 Å². The predicted molar refractivity (Wildman–Crippen MR) is 70.2 cm³/mol. The fourth-order valence-corrected chi connectivity index (χ4v) is 3.68. The molecule has 1 atom stereocenters. The minimum atomic E-state index is 0.510. The zero-order valence-corrected chi connectivity index (χ0v) is 11.1. The number of methoxy groups -OCH3 is 1. The molecule has 0 saturated carbocycles. The Hall–Kier alpha value is 0.230. The Labute approximate surface area is 103 Å². The lowest BCUT2D eigenvalue weighted by atomic mass is 10.1. The van der Waals surface area contributed by atoms with E-state index in [2.05, 4.69) is 22.0 Å². The van der Waals surface area contributed by atoms with Gasteiger partial charge in [-0.1, -0.05) is 0 Å². The van der Waals surface area contributed by atoms with Gasteiger partial charge in [0.2, 0.25) is 0 Å². The van der Waals surface area contributed by atoms with Gasteiger partial charge < -0.3 is 15.0 Å². The summed E-state index contributed by atoms with van der Waals surface area (Å²) in [4.78, 5) is 2.56. The van der Waals surface area contributed by atoms with Crippen LogP contribution in [0.1, 0.15) is 19.3 Å². The second kappa shape index (κ2) is 6.84. The molecular formula is C12H24N2OS. The van der Waals surface area contributed by atoms with Crippen LogP contribution in [-0.2, 0) is 4.74 Å². The van der Waals surface area contributed by atoms with Crippen LogP contribution >= 0.6 is 11.8 Å². The minimum absolute atomic E-state index is 0.510. The molecule has 4 heteroatoms. The summed E-state index contributed by atoms with van der Waals surface area (Å²) < 4.78 is 5.38. The molecular weight excluding hydrogens is 220 g/mol. The SMILES string of the molecule is COC1CCN(CCNC2CCSC2)CC1. The van der Waals surface area contributed by atoms with Gasteiger partial charge in [-0.3, -0.25) is 0 Å². The Balaban J connectivity index is 1.53. The maximum absolute atomic E-state index is 5.38. The molecule has 2 aliphatic heterocycles. The van der Waals surface area contributed by atoms with Crippen LogP contribution in [0.4, 0.5) is 0 Å². The third kappa shape index (κ3) is 3.91. The van der Waals surface area contributed by atoms with Crippen molar-refractivity contribution >= 4 is 11.8 Å². The number of ether oxygens (including phenoxy) is 1. The average Bonchev–Trinajstić information content (AvgIpc) is 2.83. The summed E-state index contributed by atoms with van der Waals surface area (Å²) in [5, 5.41) is 3.66. The van der Waals surface area contributed by atoms with Gasteiger partial charge >= 0.3 is 0 Å². The number of nitrogens with zero attached hydrogens (tertiary/aromatic N) is 1. The molecule has 0 spiro atoms. The molecule has 1 N–H and O–H groups in total. The molecule has 3 nitrogen and oxygen atoms in total. The monoisotopic (exact) mass is 244 g/mol. The first-order chi connectivity index (χ1) is 7.88. The van der Waals surface area contributed by atoms with Gasteiger partial charge in [0, 0.05) is 45.1 Å². The minimum Gasteiger partial charge on any atom is -0.381 e. The summed E-state index contributed by atoms with van der Waals surface area (Å²) in [5.74, 6) is 2.66. The molecule has 0 aromatic heterocycles. The van der Waals surface area contributed by atoms with Crippen LogP contribution < -0.4 is 5.32 Å². The number of piperidine rings is 1. The molecule has 2 fully saturated rings. The zero-order chi connectivity index (χ0) is 11.2. The van der Waals surface area contributed by atoms with E-state index in [4.69, 9.17) is 4.74 Å². The van der Waals surface area contributed by atoms with E-state index in [0.717, 1.165) is 12.6 Å². The van der Waals surface area contributed by atoms with Gasteiger partial charge in [-0.2, -0.15) is 11.8 Å². The normalized spacial score (nSPS) is 28.7. The van der Waals surface area contributed by atoms with Crippen LogP contribution in [0.25, 0.3) is 0 Å². The molecule has 0 radical (unpaired) electrons. The third-order valence-corrected chi connectivity index (χ3v) is 4.82. The quantitative estimate of drug-likeness (QED) is 0.785. The van der Waals surface area contributed by atoms with Crippen molar-refractivity contribution in [2.75, 3.05) is 44.8 Å². The van der Waals surface area contributed by atoms with E-state index in [1.54, 1.807) is 0 Å². The van der Waals surface area contributed by atoms with Crippen LogP contribution in [0, 0.1) is 0 Å². The van der Waals surface area contributed by atoms with Crippen molar-refractivity contribution in [1.29, 1.82) is 0 Å².